The molecule has 1 fully saturated rings. The van der Waals surface area contributed by atoms with Crippen LogP contribution >= 0.6 is 0 Å². The minimum Gasteiger partial charge on any atom is -0.336 e. The Hall–Kier alpha value is -4.90. The highest BCUT2D eigenvalue weighted by molar-refractivity contribution is 6.05. The van der Waals surface area contributed by atoms with Gasteiger partial charge in [-0.2, -0.15) is 9.90 Å². The molecule has 6 rings (SSSR count). The average Bonchev–Trinajstić information content (AvgIpc) is 3.60. The highest BCUT2D eigenvalue weighted by Crippen LogP contribution is 2.28. The monoisotopic (exact) mass is 535 g/mol. The number of carbonyl (C=O) groups excluding carboxylic acids is 2. The Bertz CT molecular complexity index is 1650. The third kappa shape index (κ3) is 5.06. The molecule has 1 N–H and O–H groups in total. The second-order valence-electron chi connectivity index (χ2n) is 9.82. The quantitative estimate of drug-likeness (QED) is 0.355. The summed E-state index contributed by atoms with van der Waals surface area (Å²) >= 11 is 0. The van der Waals surface area contributed by atoms with Crippen LogP contribution in [-0.4, -0.2) is 77.8 Å². The molecule has 1 saturated heterocycles. The lowest BCUT2D eigenvalue weighted by atomic mass is 10.0. The number of carbonyl (C=O) groups is 2. The fraction of sp³-hybridized carbons (Fsp3) is 0.241. The molecule has 0 radical (unpaired) electrons. The minimum atomic E-state index is -0.136. The van der Waals surface area contributed by atoms with Crippen LogP contribution in [0.4, 0.5) is 5.69 Å². The Morgan fingerprint density at radius 1 is 0.875 bits per heavy atom. The summed E-state index contributed by atoms with van der Waals surface area (Å²) in [6, 6.07) is 23.1. The summed E-state index contributed by atoms with van der Waals surface area (Å²) in [7, 11) is 1.76. The molecule has 5 aromatic rings. The summed E-state index contributed by atoms with van der Waals surface area (Å²) in [5.74, 6) is 0.488. The lowest BCUT2D eigenvalue weighted by molar-refractivity contribution is -0.114. The first-order valence-corrected chi connectivity index (χ1v) is 13.1. The van der Waals surface area contributed by atoms with E-state index >= 15 is 0 Å². The predicted octanol–water partition coefficient (Wildman–Crippen LogP) is 3.05. The molecule has 1 aliphatic rings. The molecule has 40 heavy (non-hydrogen) atoms. The summed E-state index contributed by atoms with van der Waals surface area (Å²) < 4.78 is 1.76. The van der Waals surface area contributed by atoms with Crippen LogP contribution in [0, 0.1) is 0 Å². The van der Waals surface area contributed by atoms with Gasteiger partial charge in [0, 0.05) is 50.4 Å². The molecule has 11 heteroatoms. The van der Waals surface area contributed by atoms with E-state index in [1.165, 1.54) is 11.7 Å². The Balaban J connectivity index is 1.20. The molecule has 11 nitrogen and oxygen atoms in total. The zero-order chi connectivity index (χ0) is 27.6. The molecule has 1 unspecified atom stereocenters. The topological polar surface area (TPSA) is 114 Å². The number of nitrogens with zero attached hydrogens (tertiary/aromatic N) is 8. The Kier molecular flexibility index (Phi) is 6.79. The van der Waals surface area contributed by atoms with Crippen LogP contribution in [0.2, 0.25) is 0 Å². The van der Waals surface area contributed by atoms with Gasteiger partial charge in [-0.25, -0.2) is 4.68 Å². The molecule has 0 aliphatic carbocycles. The van der Waals surface area contributed by atoms with Crippen molar-refractivity contribution in [2.45, 2.75) is 13.0 Å². The average molecular weight is 536 g/mol. The van der Waals surface area contributed by atoms with Crippen molar-refractivity contribution in [3.63, 3.8) is 0 Å². The number of fused-ring (bicyclic) bond motifs is 1. The van der Waals surface area contributed by atoms with Crippen molar-refractivity contribution in [2.24, 2.45) is 7.05 Å². The van der Waals surface area contributed by atoms with E-state index < -0.39 is 0 Å². The molecule has 1 atom stereocenters. The van der Waals surface area contributed by atoms with Crippen LogP contribution in [0.15, 0.2) is 79.0 Å². The number of amides is 2. The Morgan fingerprint density at radius 2 is 1.62 bits per heavy atom. The van der Waals surface area contributed by atoms with Crippen molar-refractivity contribution in [3.05, 3.63) is 95.9 Å². The van der Waals surface area contributed by atoms with Crippen LogP contribution in [-0.2, 0) is 11.8 Å². The van der Waals surface area contributed by atoms with Gasteiger partial charge < -0.3 is 10.2 Å². The number of tetrazole rings is 1. The van der Waals surface area contributed by atoms with Gasteiger partial charge in [-0.05, 0) is 41.1 Å². The number of piperazine rings is 1. The molecule has 0 saturated carbocycles. The van der Waals surface area contributed by atoms with Gasteiger partial charge >= 0.3 is 0 Å². The molecule has 2 amide bonds. The van der Waals surface area contributed by atoms with Gasteiger partial charge in [-0.3, -0.25) is 14.5 Å². The van der Waals surface area contributed by atoms with Crippen molar-refractivity contribution in [1.29, 1.82) is 0 Å². The molecule has 3 heterocycles. The molecule has 202 valence electrons. The highest BCUT2D eigenvalue weighted by Gasteiger charge is 2.31. The molecule has 3 aromatic carbocycles. The number of benzene rings is 3. The lowest BCUT2D eigenvalue weighted by Crippen LogP contribution is -2.50. The van der Waals surface area contributed by atoms with Crippen LogP contribution in [0.3, 0.4) is 0 Å². The molecule has 0 bridgehead atoms. The first-order chi connectivity index (χ1) is 19.5. The highest BCUT2D eigenvalue weighted by atomic mass is 16.2. The number of hydrogen-bond donors (Lipinski definition) is 1. The summed E-state index contributed by atoms with van der Waals surface area (Å²) in [5, 5.41) is 21.2. The van der Waals surface area contributed by atoms with Crippen LogP contribution in [0.25, 0.3) is 16.6 Å². The number of hydrogen-bond acceptors (Lipinski definition) is 7. The number of anilines is 1. The Labute approximate surface area is 231 Å². The number of aryl methyl sites for hydroxylation is 1. The van der Waals surface area contributed by atoms with Crippen LogP contribution in [0.5, 0.6) is 0 Å². The number of rotatable bonds is 6. The van der Waals surface area contributed by atoms with E-state index in [9.17, 15) is 9.59 Å². The van der Waals surface area contributed by atoms with Gasteiger partial charge in [0.25, 0.3) is 5.91 Å². The second kappa shape index (κ2) is 10.7. The normalized spacial score (nSPS) is 14.8. The predicted molar refractivity (Wildman–Crippen MR) is 150 cm³/mol. The fourth-order valence-electron chi connectivity index (χ4n) is 5.17. The van der Waals surface area contributed by atoms with E-state index in [-0.39, 0.29) is 17.9 Å². The van der Waals surface area contributed by atoms with Crippen molar-refractivity contribution < 1.29 is 9.59 Å². The Morgan fingerprint density at radius 3 is 2.30 bits per heavy atom. The molecular weight excluding hydrogens is 506 g/mol. The smallest absolute Gasteiger partial charge is 0.256 e. The van der Waals surface area contributed by atoms with Crippen LogP contribution in [0.1, 0.15) is 34.7 Å². The third-order valence-corrected chi connectivity index (χ3v) is 7.07. The van der Waals surface area contributed by atoms with E-state index in [1.54, 1.807) is 11.7 Å². The zero-order valence-corrected chi connectivity index (χ0v) is 22.3. The van der Waals surface area contributed by atoms with Gasteiger partial charge in [0.05, 0.1) is 24.3 Å². The van der Waals surface area contributed by atoms with Crippen molar-refractivity contribution in [2.75, 3.05) is 31.5 Å². The van der Waals surface area contributed by atoms with Crippen molar-refractivity contribution in [3.8, 4) is 5.69 Å². The van der Waals surface area contributed by atoms with Crippen molar-refractivity contribution >= 4 is 28.4 Å². The van der Waals surface area contributed by atoms with Gasteiger partial charge in [0.1, 0.15) is 5.52 Å². The standard InChI is InChI=1S/C29H29N9O2/c1-20(39)30-23-11-13-24(14-12-23)38-19-22-9-6-10-25(26(22)32-38)29(40)37-17-15-36(16-18-37)27(21-7-4-3-5-8-21)28-31-34-35(2)33-28/h3-14,19,27H,15-18H2,1-2H3,(H,30,39). The number of aromatic nitrogens is 6. The largest absolute Gasteiger partial charge is 0.336 e. The second-order valence-corrected chi connectivity index (χ2v) is 9.82. The first-order valence-electron chi connectivity index (χ1n) is 13.1. The minimum absolute atomic E-state index is 0.0367. The molecule has 1 aliphatic heterocycles. The van der Waals surface area contributed by atoms with Gasteiger partial charge in [0.15, 0.2) is 5.82 Å². The van der Waals surface area contributed by atoms with Gasteiger partial charge in [0.2, 0.25) is 5.91 Å². The SMILES string of the molecule is CC(=O)Nc1ccc(-n2cc3cccc(C(=O)N4CCN(C(c5ccccc5)c5nnn(C)n5)CC4)c3n2)cc1. The van der Waals surface area contributed by atoms with E-state index in [2.05, 4.69) is 37.8 Å². The maximum Gasteiger partial charge on any atom is 0.256 e. The van der Waals surface area contributed by atoms with E-state index in [4.69, 9.17) is 5.10 Å². The maximum absolute atomic E-state index is 13.7. The van der Waals surface area contributed by atoms with Crippen molar-refractivity contribution in [1.82, 2.24) is 39.8 Å². The van der Waals surface area contributed by atoms with E-state index in [0.717, 1.165) is 16.6 Å². The molecule has 0 spiro atoms. The zero-order valence-electron chi connectivity index (χ0n) is 22.3. The summed E-state index contributed by atoms with van der Waals surface area (Å²) in [6.45, 7) is 3.97. The van der Waals surface area contributed by atoms with E-state index in [1.807, 2.05) is 71.8 Å². The summed E-state index contributed by atoms with van der Waals surface area (Å²) in [6.07, 6.45) is 1.91. The molecule has 2 aromatic heterocycles. The first kappa shape index (κ1) is 25.4. The van der Waals surface area contributed by atoms with Crippen LogP contribution < -0.4 is 5.32 Å². The maximum atomic E-state index is 13.7. The third-order valence-electron chi connectivity index (χ3n) is 7.07. The lowest BCUT2D eigenvalue weighted by Gasteiger charge is -2.38. The number of nitrogens with one attached hydrogen (secondary N) is 1. The van der Waals surface area contributed by atoms with Gasteiger partial charge in [-0.15, -0.1) is 10.2 Å². The summed E-state index contributed by atoms with van der Waals surface area (Å²) in [5.41, 5.74) is 3.88. The molecular formula is C29H29N9O2. The van der Waals surface area contributed by atoms with E-state index in [0.29, 0.717) is 48.8 Å². The fourth-order valence-corrected chi connectivity index (χ4v) is 5.17. The summed E-state index contributed by atoms with van der Waals surface area (Å²) in [4.78, 5) is 30.7. The van der Waals surface area contributed by atoms with Gasteiger partial charge in [-0.1, -0.05) is 42.5 Å².